The zero-order valence-electron chi connectivity index (χ0n) is 12.0. The second-order valence-electron chi connectivity index (χ2n) is 5.39. The van der Waals surface area contributed by atoms with Gasteiger partial charge in [-0.2, -0.15) is 0 Å². The normalized spacial score (nSPS) is 12.7. The van der Waals surface area contributed by atoms with E-state index >= 15 is 0 Å². The van der Waals surface area contributed by atoms with Crippen molar-refractivity contribution in [3.05, 3.63) is 59.7 Å². The lowest BCUT2D eigenvalue weighted by molar-refractivity contribution is 0.418. The van der Waals surface area contributed by atoms with Gasteiger partial charge < -0.3 is 9.80 Å². The highest BCUT2D eigenvalue weighted by Gasteiger charge is 2.21. The Bertz CT molecular complexity index is 535. The number of halogens is 1. The molecule has 1 aliphatic rings. The number of anilines is 2. The molecular formula is C17H21ClN2. The van der Waals surface area contributed by atoms with Gasteiger partial charge in [0.25, 0.3) is 0 Å². The minimum Gasteiger partial charge on any atom is -0.340 e. The predicted octanol–water partition coefficient (Wildman–Crippen LogP) is 3.71. The summed E-state index contributed by atoms with van der Waals surface area (Å²) >= 11 is 0. The fourth-order valence-corrected chi connectivity index (χ4v) is 2.72. The summed E-state index contributed by atoms with van der Waals surface area (Å²) < 4.78 is 0. The molecule has 0 saturated carbocycles. The second-order valence-corrected chi connectivity index (χ2v) is 5.39. The highest BCUT2D eigenvalue weighted by atomic mass is 35.5. The molecular weight excluding hydrogens is 268 g/mol. The van der Waals surface area contributed by atoms with Crippen LogP contribution in [-0.4, -0.2) is 32.1 Å². The molecule has 0 spiro atoms. The zero-order chi connectivity index (χ0) is 13.2. The van der Waals surface area contributed by atoms with E-state index in [1.807, 2.05) is 0 Å². The molecule has 0 unspecified atom stereocenters. The summed E-state index contributed by atoms with van der Waals surface area (Å²) in [5.74, 6) is 0. The summed E-state index contributed by atoms with van der Waals surface area (Å²) in [5, 5.41) is 0. The summed E-state index contributed by atoms with van der Waals surface area (Å²) in [6.45, 7) is 2.09. The number of hydrogen-bond acceptors (Lipinski definition) is 2. The van der Waals surface area contributed by atoms with Crippen molar-refractivity contribution < 1.29 is 0 Å². The Labute approximate surface area is 127 Å². The van der Waals surface area contributed by atoms with E-state index in [0.717, 1.165) is 19.5 Å². The SMILES string of the molecule is CN(C)CCN1c2ccccc2Cc2ccccc21.Cl. The maximum atomic E-state index is 2.45. The highest BCUT2D eigenvalue weighted by Crippen LogP contribution is 2.37. The fraction of sp³-hybridized carbons (Fsp3) is 0.294. The van der Waals surface area contributed by atoms with E-state index in [1.165, 1.54) is 22.5 Å². The maximum absolute atomic E-state index is 2.45. The summed E-state index contributed by atoms with van der Waals surface area (Å²) in [5.41, 5.74) is 5.59. The highest BCUT2D eigenvalue weighted by molar-refractivity contribution is 5.85. The van der Waals surface area contributed by atoms with E-state index in [2.05, 4.69) is 72.4 Å². The third-order valence-corrected chi connectivity index (χ3v) is 3.72. The van der Waals surface area contributed by atoms with Crippen LogP contribution in [-0.2, 0) is 6.42 Å². The van der Waals surface area contributed by atoms with E-state index in [9.17, 15) is 0 Å². The molecule has 106 valence electrons. The molecule has 0 aromatic heterocycles. The molecule has 0 N–H and O–H groups in total. The van der Waals surface area contributed by atoms with Gasteiger partial charge in [-0.05, 0) is 37.4 Å². The Morgan fingerprint density at radius 3 is 1.90 bits per heavy atom. The van der Waals surface area contributed by atoms with Crippen molar-refractivity contribution in [1.82, 2.24) is 4.90 Å². The topological polar surface area (TPSA) is 6.48 Å². The Morgan fingerprint density at radius 2 is 1.40 bits per heavy atom. The van der Waals surface area contributed by atoms with Gasteiger partial charge in [-0.3, -0.25) is 0 Å². The quantitative estimate of drug-likeness (QED) is 0.849. The first-order valence-electron chi connectivity index (χ1n) is 6.84. The summed E-state index contributed by atoms with van der Waals surface area (Å²) in [6, 6.07) is 17.5. The van der Waals surface area contributed by atoms with Crippen LogP contribution in [0.15, 0.2) is 48.5 Å². The Balaban J connectivity index is 0.00000147. The summed E-state index contributed by atoms with van der Waals surface area (Å²) in [7, 11) is 4.25. The first-order valence-corrected chi connectivity index (χ1v) is 6.84. The third-order valence-electron chi connectivity index (χ3n) is 3.72. The number of likely N-dealkylation sites (N-methyl/N-ethyl adjacent to an activating group) is 1. The fourth-order valence-electron chi connectivity index (χ4n) is 2.72. The molecule has 2 aromatic carbocycles. The molecule has 0 aliphatic carbocycles. The van der Waals surface area contributed by atoms with Crippen molar-refractivity contribution in [2.45, 2.75) is 6.42 Å². The predicted molar refractivity (Wildman–Crippen MR) is 88.5 cm³/mol. The van der Waals surface area contributed by atoms with E-state index in [-0.39, 0.29) is 12.4 Å². The summed E-state index contributed by atoms with van der Waals surface area (Å²) in [6.07, 6.45) is 1.05. The molecule has 0 saturated heterocycles. The smallest absolute Gasteiger partial charge is 0.0447 e. The molecule has 0 amide bonds. The van der Waals surface area contributed by atoms with E-state index in [4.69, 9.17) is 0 Å². The van der Waals surface area contributed by atoms with Gasteiger partial charge in [-0.1, -0.05) is 36.4 Å². The van der Waals surface area contributed by atoms with Crippen LogP contribution in [0.1, 0.15) is 11.1 Å². The number of fused-ring (bicyclic) bond motifs is 2. The standard InChI is InChI=1S/C17H20N2.ClH/c1-18(2)11-12-19-16-9-5-3-7-14(16)13-15-8-4-6-10-17(15)19;/h3-10H,11-13H2,1-2H3;1H. The number of nitrogens with zero attached hydrogens (tertiary/aromatic N) is 2. The van der Waals surface area contributed by atoms with Gasteiger partial charge in [-0.25, -0.2) is 0 Å². The van der Waals surface area contributed by atoms with Crippen molar-refractivity contribution in [3.8, 4) is 0 Å². The van der Waals surface area contributed by atoms with Gasteiger partial charge in [0.15, 0.2) is 0 Å². The number of benzene rings is 2. The molecule has 2 nitrogen and oxygen atoms in total. The van der Waals surface area contributed by atoms with Crippen molar-refractivity contribution in [1.29, 1.82) is 0 Å². The minimum absolute atomic E-state index is 0. The molecule has 3 rings (SSSR count). The van der Waals surface area contributed by atoms with Crippen LogP contribution in [0.5, 0.6) is 0 Å². The molecule has 3 heteroatoms. The van der Waals surface area contributed by atoms with Crippen LogP contribution in [0, 0.1) is 0 Å². The second kappa shape index (κ2) is 6.29. The van der Waals surface area contributed by atoms with Crippen molar-refractivity contribution >= 4 is 23.8 Å². The average Bonchev–Trinajstić information content (AvgIpc) is 2.43. The maximum Gasteiger partial charge on any atom is 0.0447 e. The average molecular weight is 289 g/mol. The lowest BCUT2D eigenvalue weighted by atomic mass is 9.95. The third kappa shape index (κ3) is 2.82. The molecule has 0 radical (unpaired) electrons. The molecule has 2 aromatic rings. The molecule has 0 fully saturated rings. The van der Waals surface area contributed by atoms with Crippen LogP contribution in [0.2, 0.25) is 0 Å². The molecule has 1 heterocycles. The van der Waals surface area contributed by atoms with Crippen molar-refractivity contribution in [2.24, 2.45) is 0 Å². The monoisotopic (exact) mass is 288 g/mol. The van der Waals surface area contributed by atoms with E-state index in [0.29, 0.717) is 0 Å². The first-order chi connectivity index (χ1) is 9.25. The van der Waals surface area contributed by atoms with Crippen molar-refractivity contribution in [3.63, 3.8) is 0 Å². The lowest BCUT2D eigenvalue weighted by Crippen LogP contribution is -2.31. The lowest BCUT2D eigenvalue weighted by Gasteiger charge is -2.34. The molecule has 1 aliphatic heterocycles. The van der Waals surface area contributed by atoms with Gasteiger partial charge in [0, 0.05) is 30.9 Å². The van der Waals surface area contributed by atoms with Gasteiger partial charge in [-0.15, -0.1) is 12.4 Å². The van der Waals surface area contributed by atoms with Gasteiger partial charge >= 0.3 is 0 Å². The summed E-state index contributed by atoms with van der Waals surface area (Å²) in [4.78, 5) is 4.69. The van der Waals surface area contributed by atoms with Gasteiger partial charge in [0.2, 0.25) is 0 Å². The minimum atomic E-state index is 0. The van der Waals surface area contributed by atoms with Crippen molar-refractivity contribution in [2.75, 3.05) is 32.1 Å². The van der Waals surface area contributed by atoms with Gasteiger partial charge in [0.05, 0.1) is 0 Å². The largest absolute Gasteiger partial charge is 0.340 e. The van der Waals surface area contributed by atoms with E-state index < -0.39 is 0 Å². The van der Waals surface area contributed by atoms with Gasteiger partial charge in [0.1, 0.15) is 0 Å². The Morgan fingerprint density at radius 1 is 0.900 bits per heavy atom. The first kappa shape index (κ1) is 14.9. The number of para-hydroxylation sites is 2. The van der Waals surface area contributed by atoms with Crippen LogP contribution >= 0.6 is 12.4 Å². The Hall–Kier alpha value is -1.51. The number of hydrogen-bond donors (Lipinski definition) is 0. The molecule has 20 heavy (non-hydrogen) atoms. The van der Waals surface area contributed by atoms with Crippen LogP contribution in [0.25, 0.3) is 0 Å². The Kier molecular flexibility index (Phi) is 4.69. The van der Waals surface area contributed by atoms with E-state index in [1.54, 1.807) is 0 Å². The molecule has 0 bridgehead atoms. The van der Waals surface area contributed by atoms with Crippen LogP contribution in [0.3, 0.4) is 0 Å². The van der Waals surface area contributed by atoms with Crippen LogP contribution < -0.4 is 4.90 Å². The van der Waals surface area contributed by atoms with Crippen LogP contribution in [0.4, 0.5) is 11.4 Å². The number of rotatable bonds is 3. The zero-order valence-corrected chi connectivity index (χ0v) is 12.9. The molecule has 0 atom stereocenters.